The molecule has 0 radical (unpaired) electrons. The number of aromatic nitrogens is 2. The van der Waals surface area contributed by atoms with Crippen LogP contribution in [-0.2, 0) is 6.54 Å². The average Bonchev–Trinajstić information content (AvgIpc) is 2.83. The number of amides is 1. The molecule has 1 amide bonds. The molecular formula is C23H27N5O4. The van der Waals surface area contributed by atoms with Crippen molar-refractivity contribution in [3.8, 4) is 17.2 Å². The quantitative estimate of drug-likeness (QED) is 0.626. The monoisotopic (exact) mass is 437 g/mol. The van der Waals surface area contributed by atoms with E-state index in [1.807, 2.05) is 4.90 Å². The van der Waals surface area contributed by atoms with Crippen molar-refractivity contribution < 1.29 is 19.0 Å². The molecule has 4 rings (SSSR count). The van der Waals surface area contributed by atoms with Crippen LogP contribution in [0.1, 0.15) is 16.2 Å². The van der Waals surface area contributed by atoms with Gasteiger partial charge in [0.15, 0.2) is 11.5 Å². The van der Waals surface area contributed by atoms with E-state index < -0.39 is 0 Å². The van der Waals surface area contributed by atoms with E-state index in [4.69, 9.17) is 19.9 Å². The van der Waals surface area contributed by atoms with Crippen molar-refractivity contribution in [2.45, 2.75) is 6.54 Å². The number of nitrogens with zero attached hydrogens (tertiary/aromatic N) is 4. The Hall–Kier alpha value is -3.59. The number of nitrogens with two attached hydrogens (primary N) is 1. The molecule has 0 saturated carbocycles. The molecule has 32 heavy (non-hydrogen) atoms. The summed E-state index contributed by atoms with van der Waals surface area (Å²) in [7, 11) is 4.77. The zero-order valence-corrected chi connectivity index (χ0v) is 18.5. The summed E-state index contributed by atoms with van der Waals surface area (Å²) in [6.07, 6.45) is 0. The molecule has 0 unspecified atom stereocenters. The van der Waals surface area contributed by atoms with Crippen molar-refractivity contribution in [1.82, 2.24) is 19.8 Å². The first-order valence-electron chi connectivity index (χ1n) is 10.4. The molecule has 0 spiro atoms. The highest BCUT2D eigenvalue weighted by Crippen LogP contribution is 2.33. The number of anilines is 1. The van der Waals surface area contributed by atoms with E-state index in [1.165, 1.54) is 0 Å². The molecule has 0 aliphatic carbocycles. The maximum atomic E-state index is 12.8. The number of rotatable bonds is 6. The number of ether oxygens (including phenoxy) is 3. The Morgan fingerprint density at radius 3 is 2.22 bits per heavy atom. The first-order valence-corrected chi connectivity index (χ1v) is 10.4. The molecule has 1 aliphatic rings. The Labute approximate surface area is 186 Å². The molecule has 1 aromatic heterocycles. The number of hydrogen-bond donors (Lipinski definition) is 1. The normalized spacial score (nSPS) is 14.4. The second kappa shape index (κ2) is 9.27. The molecule has 9 heteroatoms. The van der Waals surface area contributed by atoms with Gasteiger partial charge in [0.1, 0.15) is 17.4 Å². The fourth-order valence-electron chi connectivity index (χ4n) is 3.83. The van der Waals surface area contributed by atoms with Gasteiger partial charge in [-0.2, -0.15) is 0 Å². The van der Waals surface area contributed by atoms with Crippen molar-refractivity contribution in [2.24, 2.45) is 0 Å². The topological polar surface area (TPSA) is 103 Å². The van der Waals surface area contributed by atoms with E-state index in [9.17, 15) is 4.79 Å². The van der Waals surface area contributed by atoms with Gasteiger partial charge in [-0.1, -0.05) is 0 Å². The summed E-state index contributed by atoms with van der Waals surface area (Å²) in [5, 5.41) is 0.723. The van der Waals surface area contributed by atoms with Crippen LogP contribution in [0.2, 0.25) is 0 Å². The lowest BCUT2D eigenvalue weighted by Gasteiger charge is -2.34. The molecule has 0 atom stereocenters. The number of benzene rings is 2. The molecule has 0 bridgehead atoms. The number of carbonyl (C=O) groups is 1. The van der Waals surface area contributed by atoms with E-state index in [0.29, 0.717) is 53.9 Å². The summed E-state index contributed by atoms with van der Waals surface area (Å²) in [4.78, 5) is 26.0. The number of fused-ring (bicyclic) bond motifs is 1. The van der Waals surface area contributed by atoms with Crippen molar-refractivity contribution in [3.63, 3.8) is 0 Å². The van der Waals surface area contributed by atoms with E-state index in [2.05, 4.69) is 14.9 Å². The Balaban J connectivity index is 1.42. The number of piperazine rings is 1. The smallest absolute Gasteiger partial charge is 0.253 e. The van der Waals surface area contributed by atoms with Crippen LogP contribution in [0.15, 0.2) is 36.4 Å². The van der Waals surface area contributed by atoms with Gasteiger partial charge < -0.3 is 24.8 Å². The van der Waals surface area contributed by atoms with Crippen LogP contribution in [0.5, 0.6) is 17.2 Å². The summed E-state index contributed by atoms with van der Waals surface area (Å²) in [5.74, 6) is 2.98. The molecule has 2 aromatic carbocycles. The zero-order valence-electron chi connectivity index (χ0n) is 18.5. The summed E-state index contributed by atoms with van der Waals surface area (Å²) in [6.45, 7) is 3.29. The van der Waals surface area contributed by atoms with Gasteiger partial charge in [-0.25, -0.2) is 9.97 Å². The van der Waals surface area contributed by atoms with Gasteiger partial charge in [0.25, 0.3) is 5.91 Å². The first kappa shape index (κ1) is 21.6. The van der Waals surface area contributed by atoms with Crippen molar-refractivity contribution in [2.75, 3.05) is 53.2 Å². The molecule has 9 nitrogen and oxygen atoms in total. The van der Waals surface area contributed by atoms with Gasteiger partial charge >= 0.3 is 0 Å². The van der Waals surface area contributed by atoms with E-state index in [-0.39, 0.29) is 5.91 Å². The predicted molar refractivity (Wildman–Crippen MR) is 121 cm³/mol. The van der Waals surface area contributed by atoms with Crippen LogP contribution in [0.4, 0.5) is 5.82 Å². The molecule has 168 valence electrons. The standard InChI is InChI=1S/C23H27N5O4/c1-30-16-6-4-15(5-7-16)23(29)28-10-8-27(9-11-28)14-21-25-18-13-20(32-3)19(31-2)12-17(18)22(24)26-21/h4-7,12-13H,8-11,14H2,1-3H3,(H2,24,25,26). The van der Waals surface area contributed by atoms with Gasteiger partial charge in [0.05, 0.1) is 33.4 Å². The van der Waals surface area contributed by atoms with Gasteiger partial charge in [0.2, 0.25) is 0 Å². The van der Waals surface area contributed by atoms with E-state index in [1.54, 1.807) is 57.7 Å². The molecule has 1 aliphatic heterocycles. The van der Waals surface area contributed by atoms with Gasteiger partial charge in [-0.3, -0.25) is 9.69 Å². The largest absolute Gasteiger partial charge is 0.497 e. The highest BCUT2D eigenvalue weighted by atomic mass is 16.5. The minimum atomic E-state index is 0.0274. The average molecular weight is 438 g/mol. The van der Waals surface area contributed by atoms with E-state index >= 15 is 0 Å². The second-order valence-corrected chi connectivity index (χ2v) is 7.55. The first-order chi connectivity index (χ1) is 15.5. The highest BCUT2D eigenvalue weighted by molar-refractivity contribution is 5.94. The SMILES string of the molecule is COc1ccc(C(=O)N2CCN(Cc3nc(N)c4cc(OC)c(OC)cc4n3)CC2)cc1. The minimum Gasteiger partial charge on any atom is -0.497 e. The summed E-state index contributed by atoms with van der Waals surface area (Å²) in [6, 6.07) is 10.8. The van der Waals surface area contributed by atoms with Gasteiger partial charge in [-0.15, -0.1) is 0 Å². The third-order valence-corrected chi connectivity index (χ3v) is 5.64. The number of hydrogen-bond acceptors (Lipinski definition) is 8. The van der Waals surface area contributed by atoms with Gasteiger partial charge in [-0.05, 0) is 30.3 Å². The Kier molecular flexibility index (Phi) is 6.27. The molecule has 1 saturated heterocycles. The Morgan fingerprint density at radius 2 is 1.59 bits per heavy atom. The summed E-state index contributed by atoms with van der Waals surface area (Å²) in [5.41, 5.74) is 7.56. The maximum absolute atomic E-state index is 12.8. The van der Waals surface area contributed by atoms with Crippen LogP contribution < -0.4 is 19.9 Å². The Morgan fingerprint density at radius 1 is 0.938 bits per heavy atom. The third kappa shape index (κ3) is 4.38. The summed E-state index contributed by atoms with van der Waals surface area (Å²) < 4.78 is 15.9. The number of carbonyl (C=O) groups excluding carboxylic acids is 1. The summed E-state index contributed by atoms with van der Waals surface area (Å²) >= 11 is 0. The van der Waals surface area contributed by atoms with Crippen LogP contribution in [0, 0.1) is 0 Å². The van der Waals surface area contributed by atoms with Crippen LogP contribution >= 0.6 is 0 Å². The van der Waals surface area contributed by atoms with Crippen LogP contribution in [-0.4, -0.2) is 73.2 Å². The fraction of sp³-hybridized carbons (Fsp3) is 0.348. The third-order valence-electron chi connectivity index (χ3n) is 5.64. The fourth-order valence-corrected chi connectivity index (χ4v) is 3.83. The lowest BCUT2D eigenvalue weighted by Crippen LogP contribution is -2.48. The van der Waals surface area contributed by atoms with Crippen LogP contribution in [0.25, 0.3) is 10.9 Å². The molecule has 1 fully saturated rings. The van der Waals surface area contributed by atoms with Gasteiger partial charge in [0, 0.05) is 43.2 Å². The highest BCUT2D eigenvalue weighted by Gasteiger charge is 2.23. The lowest BCUT2D eigenvalue weighted by atomic mass is 10.1. The van der Waals surface area contributed by atoms with Crippen LogP contribution in [0.3, 0.4) is 0 Å². The number of methoxy groups -OCH3 is 3. The lowest BCUT2D eigenvalue weighted by molar-refractivity contribution is 0.0625. The molecular weight excluding hydrogens is 410 g/mol. The maximum Gasteiger partial charge on any atom is 0.253 e. The number of nitrogen functional groups attached to an aromatic ring is 1. The molecule has 2 heterocycles. The molecule has 3 aromatic rings. The zero-order chi connectivity index (χ0) is 22.7. The van der Waals surface area contributed by atoms with Crippen molar-refractivity contribution in [1.29, 1.82) is 0 Å². The second-order valence-electron chi connectivity index (χ2n) is 7.55. The van der Waals surface area contributed by atoms with Crippen molar-refractivity contribution >= 4 is 22.6 Å². The minimum absolute atomic E-state index is 0.0274. The Bertz CT molecular complexity index is 1110. The predicted octanol–water partition coefficient (Wildman–Crippen LogP) is 2.20. The molecule has 2 N–H and O–H groups in total. The van der Waals surface area contributed by atoms with E-state index in [0.717, 1.165) is 24.2 Å². The van der Waals surface area contributed by atoms with Crippen molar-refractivity contribution in [3.05, 3.63) is 47.8 Å².